The van der Waals surface area contributed by atoms with Crippen molar-refractivity contribution in [2.45, 2.75) is 13.5 Å². The highest BCUT2D eigenvalue weighted by molar-refractivity contribution is 9.10. The Morgan fingerprint density at radius 3 is 2.92 bits per heavy atom. The molecule has 0 aliphatic carbocycles. The number of phenols is 1. The number of hydrogen-bond acceptors (Lipinski definition) is 3. The number of benzene rings is 2. The summed E-state index contributed by atoms with van der Waals surface area (Å²) in [6.45, 7) is 2.42. The van der Waals surface area contributed by atoms with E-state index >= 15 is 0 Å². The molecule has 6 heteroatoms. The molecule has 130 valence electrons. The summed E-state index contributed by atoms with van der Waals surface area (Å²) in [5.74, 6) is 2.05. The predicted molar refractivity (Wildman–Crippen MR) is 106 cm³/mol. The molecule has 0 fully saturated rings. The number of carbonyl (C=O) groups excluding carboxylic acids is 1. The molecule has 3 aromatic rings. The molecular formula is C20H16BrN3O2. The van der Waals surface area contributed by atoms with Crippen molar-refractivity contribution >= 4 is 39.0 Å². The standard InChI is InChI=1S/C20H16BrN3O2/c1-3-10-24-13(2)17(15-6-4-5-7-18(15)24)12-22-23-20(26)16-11-14(21)8-9-19(16)25/h1,4-9,11-12,25H,10H2,2H3,(H,23,26)/b22-12-. The van der Waals surface area contributed by atoms with Gasteiger partial charge in [-0.2, -0.15) is 5.10 Å². The summed E-state index contributed by atoms with van der Waals surface area (Å²) in [5.41, 5.74) is 5.45. The highest BCUT2D eigenvalue weighted by Gasteiger charge is 2.13. The van der Waals surface area contributed by atoms with Crippen molar-refractivity contribution in [1.29, 1.82) is 0 Å². The summed E-state index contributed by atoms with van der Waals surface area (Å²) >= 11 is 3.28. The molecule has 3 rings (SSSR count). The average molecular weight is 410 g/mol. The lowest BCUT2D eigenvalue weighted by molar-refractivity contribution is 0.0952. The minimum Gasteiger partial charge on any atom is -0.507 e. The molecule has 2 N–H and O–H groups in total. The zero-order valence-electron chi connectivity index (χ0n) is 14.0. The maximum atomic E-state index is 12.2. The molecule has 5 nitrogen and oxygen atoms in total. The van der Waals surface area contributed by atoms with Gasteiger partial charge in [-0.3, -0.25) is 4.79 Å². The summed E-state index contributed by atoms with van der Waals surface area (Å²) in [5, 5.41) is 14.9. The van der Waals surface area contributed by atoms with Crippen LogP contribution in [0.25, 0.3) is 10.9 Å². The van der Waals surface area contributed by atoms with Crippen molar-refractivity contribution < 1.29 is 9.90 Å². The number of nitrogens with zero attached hydrogens (tertiary/aromatic N) is 2. The first-order chi connectivity index (χ1) is 12.5. The lowest BCUT2D eigenvalue weighted by atomic mass is 10.1. The Labute approximate surface area is 159 Å². The number of nitrogens with one attached hydrogen (secondary N) is 1. The molecule has 0 aliphatic heterocycles. The fourth-order valence-corrected chi connectivity index (χ4v) is 3.18. The number of hydrogen-bond donors (Lipinski definition) is 2. The van der Waals surface area contributed by atoms with Crippen LogP contribution >= 0.6 is 15.9 Å². The minimum absolute atomic E-state index is 0.109. The van der Waals surface area contributed by atoms with Crippen LogP contribution in [0.5, 0.6) is 5.75 Å². The zero-order chi connectivity index (χ0) is 18.7. The Balaban J connectivity index is 1.90. The molecule has 0 unspecified atom stereocenters. The van der Waals surface area contributed by atoms with Crippen molar-refractivity contribution in [3.05, 3.63) is 63.8 Å². The monoisotopic (exact) mass is 409 g/mol. The maximum Gasteiger partial charge on any atom is 0.275 e. The van der Waals surface area contributed by atoms with E-state index in [-0.39, 0.29) is 11.3 Å². The van der Waals surface area contributed by atoms with E-state index in [0.29, 0.717) is 11.0 Å². The summed E-state index contributed by atoms with van der Waals surface area (Å²) < 4.78 is 2.72. The van der Waals surface area contributed by atoms with E-state index in [0.717, 1.165) is 22.2 Å². The highest BCUT2D eigenvalue weighted by Crippen LogP contribution is 2.24. The van der Waals surface area contributed by atoms with Crippen molar-refractivity contribution in [2.24, 2.45) is 5.10 Å². The average Bonchev–Trinajstić information content (AvgIpc) is 2.90. The fourth-order valence-electron chi connectivity index (χ4n) is 2.82. The van der Waals surface area contributed by atoms with E-state index < -0.39 is 5.91 Å². The first-order valence-electron chi connectivity index (χ1n) is 7.86. The maximum absolute atomic E-state index is 12.2. The quantitative estimate of drug-likeness (QED) is 0.390. The Morgan fingerprint density at radius 1 is 1.38 bits per heavy atom. The van der Waals surface area contributed by atoms with Crippen molar-refractivity contribution in [2.75, 3.05) is 0 Å². The Bertz CT molecular complexity index is 1060. The Hall–Kier alpha value is -3.04. The van der Waals surface area contributed by atoms with E-state index in [2.05, 4.69) is 32.4 Å². The number of aromatic hydroxyl groups is 1. The molecule has 0 saturated carbocycles. The van der Waals surface area contributed by atoms with Gasteiger partial charge < -0.3 is 9.67 Å². The SMILES string of the molecule is C#CCn1c(C)c(/C=N\NC(=O)c2cc(Br)ccc2O)c2ccccc21. The number of hydrazone groups is 1. The van der Waals surface area contributed by atoms with Gasteiger partial charge in [-0.1, -0.05) is 40.0 Å². The number of rotatable bonds is 4. The van der Waals surface area contributed by atoms with Crippen LogP contribution in [-0.2, 0) is 6.54 Å². The normalized spacial score (nSPS) is 11.0. The fraction of sp³-hybridized carbons (Fsp3) is 0.100. The summed E-state index contributed by atoms with van der Waals surface area (Å²) in [7, 11) is 0. The van der Waals surface area contributed by atoms with E-state index in [1.54, 1.807) is 12.3 Å². The molecule has 1 amide bonds. The number of carbonyl (C=O) groups is 1. The van der Waals surface area contributed by atoms with Gasteiger partial charge in [0, 0.05) is 26.6 Å². The van der Waals surface area contributed by atoms with Gasteiger partial charge in [0.25, 0.3) is 5.91 Å². The first-order valence-corrected chi connectivity index (χ1v) is 8.65. The van der Waals surface area contributed by atoms with Crippen LogP contribution in [0, 0.1) is 19.3 Å². The smallest absolute Gasteiger partial charge is 0.275 e. The van der Waals surface area contributed by atoms with E-state index in [1.165, 1.54) is 12.1 Å². The second kappa shape index (κ2) is 7.46. The molecule has 1 aromatic heterocycles. The van der Waals surface area contributed by atoms with Crippen molar-refractivity contribution in [3.8, 4) is 18.1 Å². The van der Waals surface area contributed by atoms with Gasteiger partial charge in [0.15, 0.2) is 0 Å². The number of para-hydroxylation sites is 1. The Kier molecular flexibility index (Phi) is 5.10. The van der Waals surface area contributed by atoms with Gasteiger partial charge in [0.2, 0.25) is 0 Å². The molecule has 2 aromatic carbocycles. The third-order valence-corrected chi connectivity index (χ3v) is 4.59. The van der Waals surface area contributed by atoms with Crippen LogP contribution in [0.2, 0.25) is 0 Å². The van der Waals surface area contributed by atoms with Gasteiger partial charge in [0.1, 0.15) is 5.75 Å². The summed E-state index contributed by atoms with van der Waals surface area (Å²) in [4.78, 5) is 12.2. The van der Waals surface area contributed by atoms with E-state index in [9.17, 15) is 9.90 Å². The number of fused-ring (bicyclic) bond motifs is 1. The van der Waals surface area contributed by atoms with Crippen LogP contribution in [0.15, 0.2) is 52.0 Å². The molecule has 0 spiro atoms. The molecule has 0 atom stereocenters. The topological polar surface area (TPSA) is 66.6 Å². The third kappa shape index (κ3) is 3.35. The van der Waals surface area contributed by atoms with Crippen molar-refractivity contribution in [1.82, 2.24) is 9.99 Å². The third-order valence-electron chi connectivity index (χ3n) is 4.09. The van der Waals surface area contributed by atoms with Gasteiger partial charge in [-0.25, -0.2) is 5.43 Å². The van der Waals surface area contributed by atoms with E-state index in [4.69, 9.17) is 6.42 Å². The second-order valence-corrected chi connectivity index (χ2v) is 6.58. The van der Waals surface area contributed by atoms with Crippen LogP contribution in [0.1, 0.15) is 21.6 Å². The number of halogens is 1. The molecule has 0 saturated heterocycles. The highest BCUT2D eigenvalue weighted by atomic mass is 79.9. The van der Waals surface area contributed by atoms with Gasteiger partial charge in [-0.05, 0) is 31.2 Å². The van der Waals surface area contributed by atoms with Crippen molar-refractivity contribution in [3.63, 3.8) is 0 Å². The summed E-state index contributed by atoms with van der Waals surface area (Å²) in [6.07, 6.45) is 7.07. The number of amides is 1. The Morgan fingerprint density at radius 2 is 2.15 bits per heavy atom. The molecule has 1 heterocycles. The van der Waals surface area contributed by atoms with Crippen LogP contribution in [0.4, 0.5) is 0 Å². The second-order valence-electron chi connectivity index (χ2n) is 5.67. The van der Waals surface area contributed by atoms with Crippen LogP contribution < -0.4 is 5.43 Å². The zero-order valence-corrected chi connectivity index (χ0v) is 15.6. The summed E-state index contributed by atoms with van der Waals surface area (Å²) in [6, 6.07) is 12.5. The number of aromatic nitrogens is 1. The van der Waals surface area contributed by atoms with Crippen LogP contribution in [0.3, 0.4) is 0 Å². The minimum atomic E-state index is -0.495. The van der Waals surface area contributed by atoms with Gasteiger partial charge in [0.05, 0.1) is 18.3 Å². The molecule has 0 aliphatic rings. The number of phenolic OH excluding ortho intramolecular Hbond substituents is 1. The van der Waals surface area contributed by atoms with Crippen LogP contribution in [-0.4, -0.2) is 21.8 Å². The molecular weight excluding hydrogens is 394 g/mol. The lowest BCUT2D eigenvalue weighted by Crippen LogP contribution is -2.17. The predicted octanol–water partition coefficient (Wildman–Crippen LogP) is 3.81. The molecule has 0 radical (unpaired) electrons. The van der Waals surface area contributed by atoms with Gasteiger partial charge >= 0.3 is 0 Å². The van der Waals surface area contributed by atoms with E-state index in [1.807, 2.05) is 35.8 Å². The molecule has 26 heavy (non-hydrogen) atoms. The first kappa shape index (κ1) is 17.8. The van der Waals surface area contributed by atoms with Gasteiger partial charge in [-0.15, -0.1) is 6.42 Å². The lowest BCUT2D eigenvalue weighted by Gasteiger charge is -2.04. The number of terminal acetylenes is 1. The molecule has 0 bridgehead atoms. The largest absolute Gasteiger partial charge is 0.507 e.